The van der Waals surface area contributed by atoms with Crippen LogP contribution >= 0.6 is 0 Å². The van der Waals surface area contributed by atoms with Crippen LogP contribution in [0, 0.1) is 25.7 Å². The lowest BCUT2D eigenvalue weighted by Crippen LogP contribution is -2.48. The summed E-state index contributed by atoms with van der Waals surface area (Å²) in [6, 6.07) is 9.54. The number of nitrogens with one attached hydrogen (secondary N) is 1. The van der Waals surface area contributed by atoms with Gasteiger partial charge in [0, 0.05) is 6.54 Å². The monoisotopic (exact) mass is 419 g/mol. The predicted octanol–water partition coefficient (Wildman–Crippen LogP) is 4.05. The number of hydrogen-bond donors (Lipinski definition) is 2. The standard InChI is InChI=1S/C10H18N2O2.C7H8.C4H11N.C2H6.C2H2/c1-7(2)9(11)10(14)12-5-3-4-8(12)6-13;1-7-5-3-2-4-6-7;1-3-4-5-2;2*1-2/h6-9H,3-5,11H2,1-2H3;2-6H,1H3;5H,3-4H2,1-2H3;1-2H3;1-2H/t8-,9?;;;;/m0..../s1. The molecule has 0 aromatic heterocycles. The summed E-state index contributed by atoms with van der Waals surface area (Å²) in [6.07, 6.45) is 11.8. The largest absolute Gasteiger partial charge is 0.332 e. The third-order valence-electron chi connectivity index (χ3n) is 4.18. The van der Waals surface area contributed by atoms with Crippen LogP contribution in [0.3, 0.4) is 0 Å². The summed E-state index contributed by atoms with van der Waals surface area (Å²) >= 11 is 0. The van der Waals surface area contributed by atoms with E-state index in [0.29, 0.717) is 6.54 Å². The Labute approximate surface area is 185 Å². The fraction of sp³-hybridized carbons (Fsp3) is 0.600. The van der Waals surface area contributed by atoms with E-state index in [0.717, 1.165) is 25.7 Å². The van der Waals surface area contributed by atoms with Crippen LogP contribution in [-0.2, 0) is 9.59 Å². The molecule has 5 nitrogen and oxygen atoms in total. The quantitative estimate of drug-likeness (QED) is 0.558. The van der Waals surface area contributed by atoms with Crippen LogP contribution in [0.15, 0.2) is 30.3 Å². The summed E-state index contributed by atoms with van der Waals surface area (Å²) in [6.45, 7) is 13.9. The summed E-state index contributed by atoms with van der Waals surface area (Å²) in [4.78, 5) is 24.1. The minimum absolute atomic E-state index is 0.0883. The number of aldehydes is 1. The van der Waals surface area contributed by atoms with Crippen molar-refractivity contribution in [1.29, 1.82) is 0 Å². The van der Waals surface area contributed by atoms with Gasteiger partial charge < -0.3 is 20.7 Å². The van der Waals surface area contributed by atoms with Crippen LogP contribution in [0.4, 0.5) is 0 Å². The molecule has 1 unspecified atom stereocenters. The van der Waals surface area contributed by atoms with Crippen molar-refractivity contribution in [3.8, 4) is 12.8 Å². The highest BCUT2D eigenvalue weighted by Gasteiger charge is 2.32. The number of rotatable bonds is 5. The highest BCUT2D eigenvalue weighted by atomic mass is 16.2. The van der Waals surface area contributed by atoms with Crippen molar-refractivity contribution < 1.29 is 9.59 Å². The van der Waals surface area contributed by atoms with E-state index in [1.165, 1.54) is 12.0 Å². The molecule has 0 saturated carbocycles. The van der Waals surface area contributed by atoms with Gasteiger partial charge in [-0.25, -0.2) is 0 Å². The minimum atomic E-state index is -0.476. The number of aryl methyl sites for hydroxylation is 1. The maximum Gasteiger partial charge on any atom is 0.240 e. The van der Waals surface area contributed by atoms with E-state index in [9.17, 15) is 9.59 Å². The maximum atomic E-state index is 11.8. The molecule has 172 valence electrons. The number of benzene rings is 1. The Balaban J connectivity index is -0.000000381. The first-order valence-corrected chi connectivity index (χ1v) is 10.9. The summed E-state index contributed by atoms with van der Waals surface area (Å²) < 4.78 is 0. The molecule has 1 heterocycles. The van der Waals surface area contributed by atoms with E-state index in [2.05, 4.69) is 44.1 Å². The Bertz CT molecular complexity index is 528. The summed E-state index contributed by atoms with van der Waals surface area (Å²) in [5.41, 5.74) is 7.07. The number of nitrogens with two attached hydrogens (primary N) is 1. The Morgan fingerprint density at radius 2 is 1.80 bits per heavy atom. The van der Waals surface area contributed by atoms with Crippen LogP contribution < -0.4 is 11.1 Å². The number of hydrogen-bond acceptors (Lipinski definition) is 4. The fourth-order valence-corrected chi connectivity index (χ4v) is 2.47. The van der Waals surface area contributed by atoms with E-state index in [-0.39, 0.29) is 17.9 Å². The molecule has 0 aliphatic carbocycles. The van der Waals surface area contributed by atoms with Gasteiger partial charge in [0.15, 0.2) is 0 Å². The molecule has 5 heteroatoms. The van der Waals surface area contributed by atoms with E-state index in [4.69, 9.17) is 5.73 Å². The molecule has 2 rings (SSSR count). The van der Waals surface area contributed by atoms with Gasteiger partial charge in [0.25, 0.3) is 0 Å². The average Bonchev–Trinajstić information content (AvgIpc) is 3.26. The van der Waals surface area contributed by atoms with Crippen molar-refractivity contribution >= 4 is 12.2 Å². The third-order valence-corrected chi connectivity index (χ3v) is 4.18. The van der Waals surface area contributed by atoms with Gasteiger partial charge in [-0.15, -0.1) is 12.8 Å². The Morgan fingerprint density at radius 3 is 2.10 bits per heavy atom. The van der Waals surface area contributed by atoms with E-state index in [1.807, 2.05) is 52.9 Å². The van der Waals surface area contributed by atoms with Gasteiger partial charge in [-0.05, 0) is 45.7 Å². The van der Waals surface area contributed by atoms with E-state index >= 15 is 0 Å². The van der Waals surface area contributed by atoms with E-state index < -0.39 is 6.04 Å². The minimum Gasteiger partial charge on any atom is -0.332 e. The molecule has 1 fully saturated rings. The van der Waals surface area contributed by atoms with Gasteiger partial charge in [0.05, 0.1) is 12.1 Å². The van der Waals surface area contributed by atoms with Gasteiger partial charge in [0.2, 0.25) is 5.91 Å². The fourth-order valence-electron chi connectivity index (χ4n) is 2.47. The molecule has 2 atom stereocenters. The van der Waals surface area contributed by atoms with Crippen LogP contribution in [0.2, 0.25) is 0 Å². The predicted molar refractivity (Wildman–Crippen MR) is 130 cm³/mol. The van der Waals surface area contributed by atoms with Crippen molar-refractivity contribution in [2.75, 3.05) is 20.1 Å². The van der Waals surface area contributed by atoms with Gasteiger partial charge >= 0.3 is 0 Å². The van der Waals surface area contributed by atoms with Crippen LogP contribution in [0.5, 0.6) is 0 Å². The van der Waals surface area contributed by atoms with Crippen molar-refractivity contribution in [2.45, 2.75) is 72.9 Å². The number of carbonyl (C=O) groups is 2. The molecule has 0 bridgehead atoms. The molecule has 1 aromatic rings. The average molecular weight is 420 g/mol. The number of carbonyl (C=O) groups excluding carboxylic acids is 2. The molecule has 0 spiro atoms. The Hall–Kier alpha value is -2.16. The first-order valence-electron chi connectivity index (χ1n) is 10.9. The Morgan fingerprint density at radius 1 is 1.27 bits per heavy atom. The van der Waals surface area contributed by atoms with Gasteiger partial charge in [0.1, 0.15) is 6.29 Å². The van der Waals surface area contributed by atoms with E-state index in [1.54, 1.807) is 4.90 Å². The number of likely N-dealkylation sites (tertiary alicyclic amines) is 1. The van der Waals surface area contributed by atoms with Crippen LogP contribution in [-0.4, -0.2) is 49.3 Å². The van der Waals surface area contributed by atoms with Crippen molar-refractivity contribution in [1.82, 2.24) is 10.2 Å². The second-order valence-corrected chi connectivity index (χ2v) is 6.91. The first kappa shape index (κ1) is 32.5. The van der Waals surface area contributed by atoms with Gasteiger partial charge in [-0.2, -0.15) is 0 Å². The van der Waals surface area contributed by atoms with Crippen molar-refractivity contribution in [3.63, 3.8) is 0 Å². The van der Waals surface area contributed by atoms with Crippen LogP contribution in [0.25, 0.3) is 0 Å². The highest BCUT2D eigenvalue weighted by Crippen LogP contribution is 2.17. The lowest BCUT2D eigenvalue weighted by atomic mass is 10.0. The maximum absolute atomic E-state index is 11.8. The van der Waals surface area contributed by atoms with Gasteiger partial charge in [-0.3, -0.25) is 4.79 Å². The number of nitrogens with zero attached hydrogens (tertiary/aromatic N) is 1. The summed E-state index contributed by atoms with van der Waals surface area (Å²) in [7, 11) is 1.96. The normalized spacial score (nSPS) is 14.9. The molecular weight excluding hydrogens is 374 g/mol. The molecular formula is C25H45N3O2. The smallest absolute Gasteiger partial charge is 0.240 e. The number of amides is 1. The molecule has 1 aliphatic heterocycles. The topological polar surface area (TPSA) is 75.4 Å². The molecule has 30 heavy (non-hydrogen) atoms. The first-order chi connectivity index (χ1) is 14.4. The Kier molecular flexibility index (Phi) is 25.1. The van der Waals surface area contributed by atoms with Gasteiger partial charge in [-0.1, -0.05) is 70.5 Å². The highest BCUT2D eigenvalue weighted by molar-refractivity contribution is 5.85. The van der Waals surface area contributed by atoms with Crippen molar-refractivity contribution in [3.05, 3.63) is 35.9 Å². The molecule has 1 aliphatic rings. The van der Waals surface area contributed by atoms with Crippen LogP contribution in [0.1, 0.15) is 59.4 Å². The summed E-state index contributed by atoms with van der Waals surface area (Å²) in [5, 5.41) is 3.02. The zero-order valence-corrected chi connectivity index (χ0v) is 20.2. The zero-order chi connectivity index (χ0) is 23.9. The second-order valence-electron chi connectivity index (χ2n) is 6.91. The third kappa shape index (κ3) is 15.7. The van der Waals surface area contributed by atoms with Crippen molar-refractivity contribution in [2.24, 2.45) is 11.7 Å². The molecule has 3 N–H and O–H groups in total. The molecule has 1 aromatic carbocycles. The number of terminal acetylenes is 1. The molecule has 0 radical (unpaired) electrons. The molecule has 1 saturated heterocycles. The lowest BCUT2D eigenvalue weighted by Gasteiger charge is -2.25. The zero-order valence-electron chi connectivity index (χ0n) is 20.2. The SMILES string of the molecule is C#C.CC.CC(C)C(N)C(=O)N1CCC[C@H]1C=O.CCCNC.Cc1ccccc1. The lowest BCUT2D eigenvalue weighted by molar-refractivity contribution is -0.136. The molecule has 1 amide bonds. The second kappa shape index (κ2) is 23.1. The summed E-state index contributed by atoms with van der Waals surface area (Å²) in [5.74, 6) is 0.0324.